The van der Waals surface area contributed by atoms with E-state index in [0.29, 0.717) is 5.02 Å². The third-order valence-electron chi connectivity index (χ3n) is 4.35. The van der Waals surface area contributed by atoms with Gasteiger partial charge < -0.3 is 10.1 Å². The maximum absolute atomic E-state index is 12.4. The highest BCUT2D eigenvalue weighted by molar-refractivity contribution is 6.31. The Balaban J connectivity index is 1.59. The fraction of sp³-hybridized carbons (Fsp3) is 0.562. The number of rotatable bonds is 5. The summed E-state index contributed by atoms with van der Waals surface area (Å²) in [5.74, 6) is 0.651. The van der Waals surface area contributed by atoms with Crippen LogP contribution in [0.3, 0.4) is 0 Å². The van der Waals surface area contributed by atoms with Gasteiger partial charge >= 0.3 is 0 Å². The first-order chi connectivity index (χ1) is 11.4. The van der Waals surface area contributed by atoms with Crippen LogP contribution in [0.25, 0.3) is 0 Å². The molecule has 0 aromatic carbocycles. The molecule has 0 aliphatic heterocycles. The normalized spacial score (nSPS) is 20.3. The summed E-state index contributed by atoms with van der Waals surface area (Å²) >= 11 is 6.12. The highest BCUT2D eigenvalue weighted by Gasteiger charge is 2.30. The van der Waals surface area contributed by atoms with Crippen LogP contribution in [0.5, 0.6) is 5.75 Å². The van der Waals surface area contributed by atoms with Gasteiger partial charge in [-0.3, -0.25) is 14.2 Å². The van der Waals surface area contributed by atoms with Crippen molar-refractivity contribution in [2.45, 2.75) is 51.8 Å². The second kappa shape index (κ2) is 6.84. The molecular weight excluding hydrogens is 330 g/mol. The van der Waals surface area contributed by atoms with Gasteiger partial charge in [0.25, 0.3) is 0 Å². The van der Waals surface area contributed by atoms with E-state index in [-0.39, 0.29) is 24.6 Å². The van der Waals surface area contributed by atoms with E-state index in [1.165, 1.54) is 0 Å². The molecule has 0 saturated heterocycles. The highest BCUT2D eigenvalue weighted by Crippen LogP contribution is 2.24. The van der Waals surface area contributed by atoms with E-state index in [0.717, 1.165) is 36.4 Å². The van der Waals surface area contributed by atoms with Crippen molar-refractivity contribution in [3.63, 3.8) is 0 Å². The summed E-state index contributed by atoms with van der Waals surface area (Å²) in [6, 6.07) is 0.00476. The van der Waals surface area contributed by atoms with E-state index in [1.54, 1.807) is 15.6 Å². The zero-order valence-electron chi connectivity index (χ0n) is 14.1. The van der Waals surface area contributed by atoms with Crippen molar-refractivity contribution in [1.29, 1.82) is 0 Å². The fourth-order valence-electron chi connectivity index (χ4n) is 3.08. The van der Waals surface area contributed by atoms with Crippen molar-refractivity contribution >= 4 is 17.5 Å². The smallest absolute Gasteiger partial charge is 0.242 e. The topological polar surface area (TPSA) is 74.0 Å². The zero-order chi connectivity index (χ0) is 17.3. The number of hydrogen-bond donors (Lipinski definition) is 1. The van der Waals surface area contributed by atoms with Crippen LogP contribution >= 0.6 is 11.6 Å². The van der Waals surface area contributed by atoms with Crippen molar-refractivity contribution in [2.24, 2.45) is 7.05 Å². The summed E-state index contributed by atoms with van der Waals surface area (Å²) in [6.07, 6.45) is 6.36. The lowest BCUT2D eigenvalue weighted by molar-refractivity contribution is -0.123. The Bertz CT molecular complexity index is 739. The van der Waals surface area contributed by atoms with Crippen LogP contribution < -0.4 is 10.1 Å². The average molecular weight is 352 g/mol. The van der Waals surface area contributed by atoms with Crippen LogP contribution in [0, 0.1) is 13.8 Å². The van der Waals surface area contributed by atoms with Gasteiger partial charge in [-0.05, 0) is 33.1 Å². The maximum Gasteiger partial charge on any atom is 0.242 e. The van der Waals surface area contributed by atoms with Gasteiger partial charge in [0.05, 0.1) is 34.8 Å². The molecule has 1 saturated carbocycles. The molecule has 1 aliphatic rings. The van der Waals surface area contributed by atoms with Gasteiger partial charge in [-0.15, -0.1) is 0 Å². The van der Waals surface area contributed by atoms with E-state index in [2.05, 4.69) is 15.5 Å². The minimum Gasteiger partial charge on any atom is -0.485 e. The molecule has 0 spiro atoms. The molecule has 2 atom stereocenters. The van der Waals surface area contributed by atoms with Crippen LogP contribution in [0.2, 0.25) is 5.02 Å². The van der Waals surface area contributed by atoms with Crippen molar-refractivity contribution in [1.82, 2.24) is 24.9 Å². The third-order valence-corrected chi connectivity index (χ3v) is 4.90. The van der Waals surface area contributed by atoms with Crippen molar-refractivity contribution < 1.29 is 9.53 Å². The molecule has 3 rings (SSSR count). The molecule has 0 bridgehead atoms. The summed E-state index contributed by atoms with van der Waals surface area (Å²) in [4.78, 5) is 12.4. The SMILES string of the molecule is Cc1nn(CC(=O)N[C@H]2CCC[C@H]2Oc2cnn(C)c2)c(C)c1Cl. The van der Waals surface area contributed by atoms with Crippen molar-refractivity contribution in [3.8, 4) is 5.75 Å². The number of aryl methyl sites for hydroxylation is 2. The molecule has 24 heavy (non-hydrogen) atoms. The van der Waals surface area contributed by atoms with Crippen LogP contribution in [0.1, 0.15) is 30.7 Å². The van der Waals surface area contributed by atoms with Gasteiger partial charge in [-0.1, -0.05) is 11.6 Å². The Labute approximate surface area is 145 Å². The molecule has 0 unspecified atom stereocenters. The van der Waals surface area contributed by atoms with Crippen molar-refractivity contribution in [3.05, 3.63) is 28.8 Å². The molecule has 1 amide bonds. The number of nitrogens with one attached hydrogen (secondary N) is 1. The lowest BCUT2D eigenvalue weighted by Gasteiger charge is -2.21. The monoisotopic (exact) mass is 351 g/mol. The molecule has 2 aromatic heterocycles. The number of nitrogens with zero attached hydrogens (tertiary/aromatic N) is 4. The first-order valence-corrected chi connectivity index (χ1v) is 8.46. The molecule has 1 N–H and O–H groups in total. The second-order valence-electron chi connectivity index (χ2n) is 6.25. The van der Waals surface area contributed by atoms with E-state index in [1.807, 2.05) is 27.1 Å². The van der Waals surface area contributed by atoms with Crippen LogP contribution in [0.15, 0.2) is 12.4 Å². The number of halogens is 1. The molecule has 1 fully saturated rings. The number of hydrogen-bond acceptors (Lipinski definition) is 4. The Morgan fingerprint density at radius 1 is 1.46 bits per heavy atom. The first-order valence-electron chi connectivity index (χ1n) is 8.08. The van der Waals surface area contributed by atoms with E-state index in [9.17, 15) is 4.79 Å². The minimum atomic E-state index is -0.0797. The molecule has 2 heterocycles. The largest absolute Gasteiger partial charge is 0.485 e. The van der Waals surface area contributed by atoms with Gasteiger partial charge in [-0.2, -0.15) is 10.2 Å². The molecule has 2 aromatic rings. The first kappa shape index (κ1) is 16.8. The third kappa shape index (κ3) is 3.56. The van der Waals surface area contributed by atoms with Crippen LogP contribution in [-0.4, -0.2) is 37.6 Å². The van der Waals surface area contributed by atoms with E-state index < -0.39 is 0 Å². The van der Waals surface area contributed by atoms with Gasteiger partial charge in [-0.25, -0.2) is 0 Å². The Hall–Kier alpha value is -2.02. The van der Waals surface area contributed by atoms with Crippen LogP contribution in [0.4, 0.5) is 0 Å². The number of carbonyl (C=O) groups excluding carboxylic acids is 1. The molecule has 8 heteroatoms. The van der Waals surface area contributed by atoms with E-state index >= 15 is 0 Å². The number of aromatic nitrogens is 4. The predicted octanol–water partition coefficient (Wildman–Crippen LogP) is 2.00. The zero-order valence-corrected chi connectivity index (χ0v) is 14.9. The quantitative estimate of drug-likeness (QED) is 0.894. The van der Waals surface area contributed by atoms with Gasteiger partial charge in [0.1, 0.15) is 12.6 Å². The number of amides is 1. The maximum atomic E-state index is 12.4. The summed E-state index contributed by atoms with van der Waals surface area (Å²) in [7, 11) is 1.85. The molecule has 1 aliphatic carbocycles. The highest BCUT2D eigenvalue weighted by atomic mass is 35.5. The minimum absolute atomic E-state index is 0.00476. The van der Waals surface area contributed by atoms with Gasteiger partial charge in [0.2, 0.25) is 5.91 Å². The van der Waals surface area contributed by atoms with Gasteiger partial charge in [0, 0.05) is 7.05 Å². The lowest BCUT2D eigenvalue weighted by Crippen LogP contribution is -2.43. The molecule has 0 radical (unpaired) electrons. The standard InChI is InChI=1S/C16H22ClN5O2/c1-10-16(17)11(2)22(20-10)9-15(23)19-13-5-4-6-14(13)24-12-7-18-21(3)8-12/h7-8,13-14H,4-6,9H2,1-3H3,(H,19,23)/t13-,14+/m0/s1. The average Bonchev–Trinajstić information content (AvgIpc) is 3.19. The number of carbonyl (C=O) groups is 1. The second-order valence-corrected chi connectivity index (χ2v) is 6.63. The van der Waals surface area contributed by atoms with Crippen molar-refractivity contribution in [2.75, 3.05) is 0 Å². The molecule has 130 valence electrons. The summed E-state index contributed by atoms with van der Waals surface area (Å²) in [6.45, 7) is 3.85. The van der Waals surface area contributed by atoms with Crippen LogP contribution in [-0.2, 0) is 18.4 Å². The summed E-state index contributed by atoms with van der Waals surface area (Å²) in [5.41, 5.74) is 1.54. The molecular formula is C16H22ClN5O2. The Morgan fingerprint density at radius 2 is 2.25 bits per heavy atom. The Kier molecular flexibility index (Phi) is 4.80. The summed E-state index contributed by atoms with van der Waals surface area (Å²) in [5, 5.41) is 12.1. The Morgan fingerprint density at radius 3 is 2.88 bits per heavy atom. The lowest BCUT2D eigenvalue weighted by atomic mass is 10.2. The van der Waals surface area contributed by atoms with E-state index in [4.69, 9.17) is 16.3 Å². The molecule has 7 nitrogen and oxygen atoms in total. The number of ether oxygens (including phenoxy) is 1. The fourth-order valence-corrected chi connectivity index (χ4v) is 3.22. The summed E-state index contributed by atoms with van der Waals surface area (Å²) < 4.78 is 9.30. The van der Waals surface area contributed by atoms with Gasteiger partial charge in [0.15, 0.2) is 5.75 Å². The predicted molar refractivity (Wildman–Crippen MR) is 90.1 cm³/mol.